The molecule has 1 fully saturated rings. The highest BCUT2D eigenvalue weighted by Gasteiger charge is 2.37. The Morgan fingerprint density at radius 3 is 2.61 bits per heavy atom. The normalized spacial score (nSPS) is 19.7. The van der Waals surface area contributed by atoms with E-state index in [1.807, 2.05) is 6.07 Å². The van der Waals surface area contributed by atoms with Gasteiger partial charge < -0.3 is 0 Å². The van der Waals surface area contributed by atoms with Gasteiger partial charge in [0.15, 0.2) is 0 Å². The zero-order valence-corrected chi connectivity index (χ0v) is 11.4. The van der Waals surface area contributed by atoms with Crippen LogP contribution in [0.5, 0.6) is 0 Å². The van der Waals surface area contributed by atoms with E-state index in [0.29, 0.717) is 18.5 Å². The smallest absolute Gasteiger partial charge is 0.248 e. The lowest BCUT2D eigenvalue weighted by Crippen LogP contribution is -2.29. The molecule has 1 aromatic heterocycles. The Morgan fingerprint density at radius 2 is 2.06 bits per heavy atom. The lowest BCUT2D eigenvalue weighted by molar-refractivity contribution is -0.126. The molecule has 0 unspecified atom stereocenters. The Hall–Kier alpha value is -0.840. The predicted octanol–water partition coefficient (Wildman–Crippen LogP) is 3.78. The van der Waals surface area contributed by atoms with E-state index in [4.69, 9.17) is 0 Å². The molecule has 2 rings (SSSR count). The first-order chi connectivity index (χ1) is 8.46. The van der Waals surface area contributed by atoms with Gasteiger partial charge in [-0.1, -0.05) is 0 Å². The predicted molar refractivity (Wildman–Crippen MR) is 67.6 cm³/mol. The van der Waals surface area contributed by atoms with E-state index in [0.717, 1.165) is 4.47 Å². The molecule has 0 bridgehead atoms. The summed E-state index contributed by atoms with van der Waals surface area (Å²) in [7, 11) is 0. The van der Waals surface area contributed by atoms with Gasteiger partial charge in [0.05, 0.1) is 0 Å². The minimum atomic E-state index is -2.58. The molecular formula is C13H14BrF2NO. The number of halogens is 3. The van der Waals surface area contributed by atoms with E-state index in [9.17, 15) is 13.6 Å². The van der Waals surface area contributed by atoms with Gasteiger partial charge >= 0.3 is 0 Å². The first kappa shape index (κ1) is 13.6. The fourth-order valence-electron chi connectivity index (χ4n) is 2.20. The largest absolute Gasteiger partial charge is 0.299 e. The molecule has 0 aromatic carbocycles. The van der Waals surface area contributed by atoms with Crippen molar-refractivity contribution in [2.45, 2.75) is 38.0 Å². The van der Waals surface area contributed by atoms with Crippen molar-refractivity contribution in [3.05, 3.63) is 28.5 Å². The van der Waals surface area contributed by atoms with Crippen LogP contribution in [0.3, 0.4) is 0 Å². The van der Waals surface area contributed by atoms with Gasteiger partial charge in [-0.3, -0.25) is 9.78 Å². The number of alkyl halides is 2. The fraction of sp³-hybridized carbons (Fsp3) is 0.538. The van der Waals surface area contributed by atoms with Crippen molar-refractivity contribution in [2.75, 3.05) is 0 Å². The van der Waals surface area contributed by atoms with E-state index in [1.54, 1.807) is 12.3 Å². The third-order valence-corrected chi connectivity index (χ3v) is 3.79. The lowest BCUT2D eigenvalue weighted by Gasteiger charge is -2.27. The third-order valence-electron chi connectivity index (χ3n) is 3.32. The Balaban J connectivity index is 1.91. The molecule has 1 aromatic rings. The molecule has 1 saturated carbocycles. The van der Waals surface area contributed by atoms with Crippen LogP contribution < -0.4 is 0 Å². The Morgan fingerprint density at radius 1 is 1.39 bits per heavy atom. The Kier molecular flexibility index (Phi) is 4.10. The number of hydrogen-bond donors (Lipinski definition) is 0. The van der Waals surface area contributed by atoms with E-state index >= 15 is 0 Å². The first-order valence-corrected chi connectivity index (χ1v) is 6.76. The van der Waals surface area contributed by atoms with Gasteiger partial charge in [-0.05, 0) is 40.9 Å². The number of Topliss-reactive ketones (excluding diaryl/α,β-unsaturated/α-hetero) is 1. The Labute approximate surface area is 113 Å². The third kappa shape index (κ3) is 3.57. The minimum absolute atomic E-state index is 0.0281. The van der Waals surface area contributed by atoms with Crippen LogP contribution in [0.15, 0.2) is 22.8 Å². The van der Waals surface area contributed by atoms with Crippen LogP contribution in [-0.2, 0) is 11.2 Å². The van der Waals surface area contributed by atoms with Gasteiger partial charge in [0.1, 0.15) is 5.78 Å². The molecule has 0 atom stereocenters. The van der Waals surface area contributed by atoms with Crippen molar-refractivity contribution in [3.8, 4) is 0 Å². The quantitative estimate of drug-likeness (QED) is 0.849. The number of aromatic nitrogens is 1. The van der Waals surface area contributed by atoms with Gasteiger partial charge in [0.2, 0.25) is 5.92 Å². The topological polar surface area (TPSA) is 30.0 Å². The molecule has 1 aliphatic rings. The summed E-state index contributed by atoms with van der Waals surface area (Å²) in [6.45, 7) is 0. The average Bonchev–Trinajstić information content (AvgIpc) is 2.32. The maximum Gasteiger partial charge on any atom is 0.248 e. The molecular weight excluding hydrogens is 304 g/mol. The van der Waals surface area contributed by atoms with E-state index in [1.165, 1.54) is 0 Å². The molecule has 0 aliphatic heterocycles. The van der Waals surface area contributed by atoms with Crippen LogP contribution in [0.4, 0.5) is 8.78 Å². The summed E-state index contributed by atoms with van der Waals surface area (Å²) in [6.07, 6.45) is 2.13. The summed E-state index contributed by atoms with van der Waals surface area (Å²) < 4.78 is 26.8. The van der Waals surface area contributed by atoms with Crippen molar-refractivity contribution in [1.29, 1.82) is 0 Å². The number of carbonyl (C=O) groups is 1. The maximum absolute atomic E-state index is 13.0. The van der Waals surface area contributed by atoms with Gasteiger partial charge in [-0.2, -0.15) is 0 Å². The number of ketones is 1. The van der Waals surface area contributed by atoms with Gasteiger partial charge in [-0.15, -0.1) is 0 Å². The first-order valence-electron chi connectivity index (χ1n) is 5.97. The lowest BCUT2D eigenvalue weighted by atomic mass is 9.83. The van der Waals surface area contributed by atoms with E-state index in [-0.39, 0.29) is 31.0 Å². The van der Waals surface area contributed by atoms with E-state index < -0.39 is 5.92 Å². The summed E-state index contributed by atoms with van der Waals surface area (Å²) in [6, 6.07) is 3.60. The molecule has 98 valence electrons. The molecule has 1 aliphatic carbocycles. The highest BCUT2D eigenvalue weighted by molar-refractivity contribution is 9.10. The second-order valence-corrected chi connectivity index (χ2v) is 5.66. The van der Waals surface area contributed by atoms with Crippen LogP contribution in [0.2, 0.25) is 0 Å². The van der Waals surface area contributed by atoms with Crippen molar-refractivity contribution in [1.82, 2.24) is 4.98 Å². The number of carbonyl (C=O) groups excluding carboxylic acids is 1. The molecule has 18 heavy (non-hydrogen) atoms. The standard InChI is InChI=1S/C13H14BrF2NO/c14-10-1-2-11(17-8-10)7-12(18)9-3-5-13(15,16)6-4-9/h1-2,8-9H,3-7H2. The van der Waals surface area contributed by atoms with Gasteiger partial charge in [-0.25, -0.2) is 8.78 Å². The van der Waals surface area contributed by atoms with Gasteiger partial charge in [0, 0.05) is 41.5 Å². The second kappa shape index (κ2) is 5.43. The highest BCUT2D eigenvalue weighted by atomic mass is 79.9. The minimum Gasteiger partial charge on any atom is -0.299 e. The van der Waals surface area contributed by atoms with Crippen molar-refractivity contribution in [3.63, 3.8) is 0 Å². The van der Waals surface area contributed by atoms with Crippen LogP contribution in [0, 0.1) is 5.92 Å². The monoisotopic (exact) mass is 317 g/mol. The number of pyridine rings is 1. The zero-order chi connectivity index (χ0) is 13.2. The maximum atomic E-state index is 13.0. The molecule has 0 spiro atoms. The summed E-state index contributed by atoms with van der Waals surface area (Å²) >= 11 is 3.27. The Bertz CT molecular complexity index is 423. The van der Waals surface area contributed by atoms with E-state index in [2.05, 4.69) is 20.9 Å². The van der Waals surface area contributed by atoms with Crippen molar-refractivity contribution in [2.24, 2.45) is 5.92 Å². The van der Waals surface area contributed by atoms with Crippen molar-refractivity contribution < 1.29 is 13.6 Å². The summed E-state index contributed by atoms with van der Waals surface area (Å²) in [5, 5.41) is 0. The summed E-state index contributed by atoms with van der Waals surface area (Å²) in [5.41, 5.74) is 0.695. The van der Waals surface area contributed by atoms with Crippen LogP contribution in [-0.4, -0.2) is 16.7 Å². The zero-order valence-electron chi connectivity index (χ0n) is 9.83. The highest BCUT2D eigenvalue weighted by Crippen LogP contribution is 2.36. The van der Waals surface area contributed by atoms with Crippen LogP contribution in [0.1, 0.15) is 31.4 Å². The molecule has 1 heterocycles. The molecule has 0 saturated heterocycles. The van der Waals surface area contributed by atoms with Crippen molar-refractivity contribution >= 4 is 21.7 Å². The van der Waals surface area contributed by atoms with Crippen LogP contribution in [0.25, 0.3) is 0 Å². The average molecular weight is 318 g/mol. The summed E-state index contributed by atoms with van der Waals surface area (Å²) in [4.78, 5) is 16.1. The molecule has 0 N–H and O–H groups in total. The van der Waals surface area contributed by atoms with Gasteiger partial charge in [0.25, 0.3) is 0 Å². The SMILES string of the molecule is O=C(Cc1ccc(Br)cn1)C1CCC(F)(F)CC1. The molecule has 5 heteroatoms. The number of nitrogens with zero attached hydrogens (tertiary/aromatic N) is 1. The molecule has 0 radical (unpaired) electrons. The summed E-state index contributed by atoms with van der Waals surface area (Å²) in [5.74, 6) is -2.78. The number of hydrogen-bond acceptors (Lipinski definition) is 2. The number of rotatable bonds is 3. The second-order valence-electron chi connectivity index (χ2n) is 4.74. The van der Waals surface area contributed by atoms with Crippen LogP contribution >= 0.6 is 15.9 Å². The molecule has 2 nitrogen and oxygen atoms in total. The molecule has 0 amide bonds. The fourth-order valence-corrected chi connectivity index (χ4v) is 2.43.